The zero-order valence-corrected chi connectivity index (χ0v) is 13.1. The first kappa shape index (κ1) is 12.9. The smallest absolute Gasteiger partial charge is 0.0452 e. The molecular formula is C16H13ClS2. The molecule has 0 fully saturated rings. The first-order chi connectivity index (χ1) is 9.13. The minimum atomic E-state index is 0.784. The molecule has 0 saturated heterocycles. The highest BCUT2D eigenvalue weighted by Crippen LogP contribution is 2.40. The van der Waals surface area contributed by atoms with Gasteiger partial charge in [-0.2, -0.15) is 0 Å². The largest absolute Gasteiger partial charge is 0.140 e. The molecule has 3 heteroatoms. The zero-order valence-electron chi connectivity index (χ0n) is 10.7. The number of thiophene rings is 2. The molecule has 0 atom stereocenters. The standard InChI is InChI=1S/C16H13ClS2/c1-10-9-15(14-8-3-11(2)18-14)19-16(10)12-4-6-13(17)7-5-12/h3-9H,1-2H3. The van der Waals surface area contributed by atoms with E-state index in [-0.39, 0.29) is 0 Å². The molecule has 0 spiro atoms. The summed E-state index contributed by atoms with van der Waals surface area (Å²) in [5.41, 5.74) is 2.57. The van der Waals surface area contributed by atoms with E-state index in [9.17, 15) is 0 Å². The molecule has 0 aliphatic rings. The molecule has 0 radical (unpaired) electrons. The van der Waals surface area contributed by atoms with E-state index in [4.69, 9.17) is 11.6 Å². The third kappa shape index (κ3) is 2.62. The van der Waals surface area contributed by atoms with Crippen LogP contribution in [0.25, 0.3) is 20.2 Å². The molecule has 2 aromatic heterocycles. The van der Waals surface area contributed by atoms with Gasteiger partial charge in [-0.3, -0.25) is 0 Å². The van der Waals surface area contributed by atoms with E-state index in [0.717, 1.165) is 5.02 Å². The molecule has 3 rings (SSSR count). The van der Waals surface area contributed by atoms with Crippen molar-refractivity contribution in [2.24, 2.45) is 0 Å². The minimum absolute atomic E-state index is 0.784. The van der Waals surface area contributed by atoms with Crippen LogP contribution in [0.2, 0.25) is 5.02 Å². The number of benzene rings is 1. The summed E-state index contributed by atoms with van der Waals surface area (Å²) in [6.07, 6.45) is 0. The SMILES string of the molecule is Cc1ccc(-c2cc(C)c(-c3ccc(Cl)cc3)s2)s1. The fourth-order valence-corrected chi connectivity index (χ4v) is 4.31. The topological polar surface area (TPSA) is 0 Å². The second-order valence-electron chi connectivity index (χ2n) is 4.54. The second kappa shape index (κ2) is 5.12. The van der Waals surface area contributed by atoms with Gasteiger partial charge in [0.2, 0.25) is 0 Å². The normalized spacial score (nSPS) is 10.9. The van der Waals surface area contributed by atoms with Crippen LogP contribution in [0.1, 0.15) is 10.4 Å². The van der Waals surface area contributed by atoms with Gasteiger partial charge in [0.15, 0.2) is 0 Å². The van der Waals surface area contributed by atoms with Crippen molar-refractivity contribution < 1.29 is 0 Å². The van der Waals surface area contributed by atoms with E-state index in [1.807, 2.05) is 34.8 Å². The van der Waals surface area contributed by atoms with Crippen LogP contribution in [-0.2, 0) is 0 Å². The quantitative estimate of drug-likeness (QED) is 0.513. The van der Waals surface area contributed by atoms with Gasteiger partial charge in [-0.25, -0.2) is 0 Å². The summed E-state index contributed by atoms with van der Waals surface area (Å²) in [6.45, 7) is 4.32. The monoisotopic (exact) mass is 304 g/mol. The molecule has 3 aromatic rings. The molecule has 0 unspecified atom stereocenters. The Morgan fingerprint density at radius 2 is 1.58 bits per heavy atom. The summed E-state index contributed by atoms with van der Waals surface area (Å²) in [6, 6.07) is 14.7. The average molecular weight is 305 g/mol. The molecule has 0 amide bonds. The summed E-state index contributed by atoms with van der Waals surface area (Å²) < 4.78 is 0. The predicted molar refractivity (Wildman–Crippen MR) is 87.6 cm³/mol. The van der Waals surface area contributed by atoms with Gasteiger partial charge in [-0.05, 0) is 55.3 Å². The van der Waals surface area contributed by atoms with Crippen molar-refractivity contribution in [3.05, 3.63) is 57.9 Å². The van der Waals surface area contributed by atoms with Crippen molar-refractivity contribution in [2.45, 2.75) is 13.8 Å². The van der Waals surface area contributed by atoms with E-state index in [2.05, 4.69) is 44.2 Å². The Hall–Kier alpha value is -1.09. The maximum atomic E-state index is 5.95. The van der Waals surface area contributed by atoms with Crippen molar-refractivity contribution in [1.82, 2.24) is 0 Å². The summed E-state index contributed by atoms with van der Waals surface area (Å²) in [4.78, 5) is 5.39. The molecule has 0 aliphatic carbocycles. The summed E-state index contributed by atoms with van der Waals surface area (Å²) in [5.74, 6) is 0. The van der Waals surface area contributed by atoms with Gasteiger partial charge >= 0.3 is 0 Å². The van der Waals surface area contributed by atoms with Crippen LogP contribution < -0.4 is 0 Å². The van der Waals surface area contributed by atoms with Gasteiger partial charge in [0.25, 0.3) is 0 Å². The minimum Gasteiger partial charge on any atom is -0.140 e. The Bertz CT molecular complexity index is 705. The molecule has 19 heavy (non-hydrogen) atoms. The average Bonchev–Trinajstić information content (AvgIpc) is 2.97. The van der Waals surface area contributed by atoms with E-state index >= 15 is 0 Å². The van der Waals surface area contributed by atoms with E-state index in [1.54, 1.807) is 0 Å². The fraction of sp³-hybridized carbons (Fsp3) is 0.125. The highest BCUT2D eigenvalue weighted by Gasteiger charge is 2.10. The molecule has 2 heterocycles. The lowest BCUT2D eigenvalue weighted by molar-refractivity contribution is 1.54. The van der Waals surface area contributed by atoms with Gasteiger partial charge in [-0.1, -0.05) is 23.7 Å². The molecule has 96 valence electrons. The van der Waals surface area contributed by atoms with Gasteiger partial charge < -0.3 is 0 Å². The van der Waals surface area contributed by atoms with Gasteiger partial charge in [0, 0.05) is 24.5 Å². The Balaban J connectivity index is 2.04. The summed E-state index contributed by atoms with van der Waals surface area (Å²) >= 11 is 9.65. The lowest BCUT2D eigenvalue weighted by Crippen LogP contribution is -1.74. The van der Waals surface area contributed by atoms with Crippen LogP contribution in [0.15, 0.2) is 42.5 Å². The third-order valence-electron chi connectivity index (χ3n) is 3.01. The number of aryl methyl sites for hydroxylation is 2. The molecule has 0 nitrogen and oxygen atoms in total. The Morgan fingerprint density at radius 1 is 0.842 bits per heavy atom. The van der Waals surface area contributed by atoms with Crippen molar-refractivity contribution in [2.75, 3.05) is 0 Å². The maximum Gasteiger partial charge on any atom is 0.0452 e. The molecule has 0 bridgehead atoms. The Labute approximate surface area is 126 Å². The highest BCUT2D eigenvalue weighted by atomic mass is 35.5. The van der Waals surface area contributed by atoms with Crippen LogP contribution in [0.3, 0.4) is 0 Å². The first-order valence-corrected chi connectivity index (χ1v) is 8.08. The fourth-order valence-electron chi connectivity index (χ4n) is 2.06. The van der Waals surface area contributed by atoms with Crippen LogP contribution >= 0.6 is 34.3 Å². The van der Waals surface area contributed by atoms with Gasteiger partial charge in [0.1, 0.15) is 0 Å². The van der Waals surface area contributed by atoms with E-state index < -0.39 is 0 Å². The van der Waals surface area contributed by atoms with Crippen LogP contribution in [0, 0.1) is 13.8 Å². The number of hydrogen-bond acceptors (Lipinski definition) is 2. The highest BCUT2D eigenvalue weighted by molar-refractivity contribution is 7.24. The van der Waals surface area contributed by atoms with Crippen molar-refractivity contribution in [3.63, 3.8) is 0 Å². The van der Waals surface area contributed by atoms with Crippen molar-refractivity contribution in [3.8, 4) is 20.2 Å². The summed E-state index contributed by atoms with van der Waals surface area (Å²) in [7, 11) is 0. The van der Waals surface area contributed by atoms with E-state index in [1.165, 1.54) is 30.6 Å². The molecule has 0 N–H and O–H groups in total. The molecular weight excluding hydrogens is 292 g/mol. The molecule has 0 aliphatic heterocycles. The number of rotatable bonds is 2. The van der Waals surface area contributed by atoms with Crippen LogP contribution in [0.5, 0.6) is 0 Å². The second-order valence-corrected chi connectivity index (χ2v) is 7.32. The maximum absolute atomic E-state index is 5.95. The number of hydrogen-bond donors (Lipinski definition) is 0. The lowest BCUT2D eigenvalue weighted by Gasteiger charge is -1.99. The Morgan fingerprint density at radius 3 is 2.21 bits per heavy atom. The molecule has 0 saturated carbocycles. The van der Waals surface area contributed by atoms with Gasteiger partial charge in [-0.15, -0.1) is 22.7 Å². The van der Waals surface area contributed by atoms with Crippen LogP contribution in [0.4, 0.5) is 0 Å². The predicted octanol–water partition coefficient (Wildman–Crippen LogP) is 6.41. The van der Waals surface area contributed by atoms with Crippen molar-refractivity contribution >= 4 is 34.3 Å². The van der Waals surface area contributed by atoms with Crippen molar-refractivity contribution in [1.29, 1.82) is 0 Å². The number of halogens is 1. The van der Waals surface area contributed by atoms with Gasteiger partial charge in [0.05, 0.1) is 0 Å². The first-order valence-electron chi connectivity index (χ1n) is 6.06. The van der Waals surface area contributed by atoms with Crippen LogP contribution in [-0.4, -0.2) is 0 Å². The zero-order chi connectivity index (χ0) is 13.4. The Kier molecular flexibility index (Phi) is 3.48. The summed E-state index contributed by atoms with van der Waals surface area (Å²) in [5, 5.41) is 0.784. The third-order valence-corrected chi connectivity index (χ3v) is 5.74. The lowest BCUT2D eigenvalue weighted by atomic mass is 10.1. The molecule has 1 aromatic carbocycles. The van der Waals surface area contributed by atoms with E-state index in [0.29, 0.717) is 0 Å².